The van der Waals surface area contributed by atoms with Gasteiger partial charge in [-0.15, -0.1) is 0 Å². The van der Waals surface area contributed by atoms with Crippen LogP contribution in [0.5, 0.6) is 5.75 Å². The predicted molar refractivity (Wildman–Crippen MR) is 89.7 cm³/mol. The van der Waals surface area contributed by atoms with Crippen LogP contribution < -0.4 is 10.1 Å². The van der Waals surface area contributed by atoms with Crippen LogP contribution in [0.1, 0.15) is 29.3 Å². The number of benzene rings is 2. The Kier molecular flexibility index (Phi) is 5.84. The van der Waals surface area contributed by atoms with Gasteiger partial charge in [0.15, 0.2) is 0 Å². The fourth-order valence-electron chi connectivity index (χ4n) is 2.21. The quantitative estimate of drug-likeness (QED) is 0.871. The summed E-state index contributed by atoms with van der Waals surface area (Å²) in [5.41, 5.74) is 1.81. The third-order valence-corrected chi connectivity index (χ3v) is 3.80. The number of ether oxygens (including phenoxy) is 1. The molecule has 0 aliphatic rings. The number of carbonyl (C=O) groups excluding carboxylic acids is 1. The van der Waals surface area contributed by atoms with Gasteiger partial charge in [-0.25, -0.2) is 0 Å². The van der Waals surface area contributed by atoms with E-state index in [0.29, 0.717) is 16.3 Å². The highest BCUT2D eigenvalue weighted by molar-refractivity contribution is 6.32. The van der Waals surface area contributed by atoms with Gasteiger partial charge in [0.25, 0.3) is 5.91 Å². The third-order valence-electron chi connectivity index (χ3n) is 3.50. The number of nitrogens with one attached hydrogen (secondary N) is 1. The number of carbonyl (C=O) groups is 1. The van der Waals surface area contributed by atoms with Gasteiger partial charge in [-0.3, -0.25) is 4.79 Å². The number of halogens is 1. The van der Waals surface area contributed by atoms with Crippen LogP contribution in [-0.4, -0.2) is 19.1 Å². The van der Waals surface area contributed by atoms with Crippen LogP contribution in [0.15, 0.2) is 48.5 Å². The van der Waals surface area contributed by atoms with Crippen molar-refractivity contribution in [3.05, 3.63) is 64.7 Å². The lowest BCUT2D eigenvalue weighted by atomic mass is 10.1. The summed E-state index contributed by atoms with van der Waals surface area (Å²) >= 11 is 6.05. The molecule has 2 rings (SSSR count). The summed E-state index contributed by atoms with van der Waals surface area (Å²) in [6.45, 7) is 2.01. The van der Waals surface area contributed by atoms with Crippen LogP contribution in [0.3, 0.4) is 0 Å². The van der Waals surface area contributed by atoms with Gasteiger partial charge >= 0.3 is 0 Å². The Balaban J connectivity index is 1.89. The Morgan fingerprint density at radius 1 is 1.23 bits per heavy atom. The zero-order chi connectivity index (χ0) is 15.9. The van der Waals surface area contributed by atoms with Crippen LogP contribution in [0, 0.1) is 0 Å². The molecule has 1 atom stereocenters. The number of rotatable bonds is 6. The number of amides is 1. The molecule has 22 heavy (non-hydrogen) atoms. The molecular formula is C18H20ClNO2. The molecule has 0 aromatic heterocycles. The summed E-state index contributed by atoms with van der Waals surface area (Å²) in [5, 5.41) is 3.43. The van der Waals surface area contributed by atoms with Crippen molar-refractivity contribution >= 4 is 17.5 Å². The summed E-state index contributed by atoms with van der Waals surface area (Å²) in [6, 6.07) is 15.4. The molecule has 0 unspecified atom stereocenters. The maximum Gasteiger partial charge on any atom is 0.251 e. The highest BCUT2D eigenvalue weighted by atomic mass is 35.5. The maximum atomic E-state index is 12.2. The van der Waals surface area contributed by atoms with Gasteiger partial charge in [0.05, 0.1) is 12.1 Å². The molecule has 2 aromatic rings. The van der Waals surface area contributed by atoms with Crippen molar-refractivity contribution in [2.24, 2.45) is 0 Å². The summed E-state index contributed by atoms with van der Waals surface area (Å²) in [5.74, 6) is 0.445. The predicted octanol–water partition coefficient (Wildman–Crippen LogP) is 4.10. The first-order valence-corrected chi connectivity index (χ1v) is 7.66. The summed E-state index contributed by atoms with van der Waals surface area (Å²) in [7, 11) is 1.55. The van der Waals surface area contributed by atoms with Crippen molar-refractivity contribution in [2.75, 3.05) is 7.11 Å². The van der Waals surface area contributed by atoms with E-state index in [4.69, 9.17) is 16.3 Å². The lowest BCUT2D eigenvalue weighted by molar-refractivity contribution is 0.0938. The van der Waals surface area contributed by atoms with Crippen LogP contribution in [0.25, 0.3) is 0 Å². The Labute approximate surface area is 136 Å². The highest BCUT2D eigenvalue weighted by Crippen LogP contribution is 2.24. The van der Waals surface area contributed by atoms with Crippen molar-refractivity contribution < 1.29 is 9.53 Å². The normalized spacial score (nSPS) is 11.8. The standard InChI is InChI=1S/C18H20ClNO2/c1-13(8-9-14-6-4-3-5-7-14)20-18(21)15-10-11-17(22-2)16(19)12-15/h3-7,10-13H,8-9H2,1-2H3,(H,20,21)/t13-/m0/s1. The molecule has 1 amide bonds. The van der Waals surface area contributed by atoms with E-state index in [1.54, 1.807) is 25.3 Å². The molecule has 0 aliphatic carbocycles. The Bertz CT molecular complexity index is 628. The second kappa shape index (κ2) is 7.85. The molecule has 0 spiro atoms. The van der Waals surface area contributed by atoms with E-state index in [0.717, 1.165) is 12.8 Å². The number of methoxy groups -OCH3 is 1. The van der Waals surface area contributed by atoms with E-state index in [1.807, 2.05) is 25.1 Å². The average Bonchev–Trinajstić information content (AvgIpc) is 2.53. The molecule has 0 aliphatic heterocycles. The minimum absolute atomic E-state index is 0.0913. The molecule has 116 valence electrons. The molecule has 0 saturated carbocycles. The smallest absolute Gasteiger partial charge is 0.251 e. The number of hydrogen-bond donors (Lipinski definition) is 1. The van der Waals surface area contributed by atoms with E-state index < -0.39 is 0 Å². The second-order valence-corrected chi connectivity index (χ2v) is 5.66. The van der Waals surface area contributed by atoms with Gasteiger partial charge < -0.3 is 10.1 Å². The third kappa shape index (κ3) is 4.50. The van der Waals surface area contributed by atoms with Gasteiger partial charge in [0, 0.05) is 11.6 Å². The zero-order valence-electron chi connectivity index (χ0n) is 12.8. The first-order chi connectivity index (χ1) is 10.6. The van der Waals surface area contributed by atoms with Crippen molar-refractivity contribution in [1.29, 1.82) is 0 Å². The van der Waals surface area contributed by atoms with Gasteiger partial charge in [-0.05, 0) is 43.5 Å². The van der Waals surface area contributed by atoms with E-state index in [2.05, 4.69) is 17.4 Å². The van der Waals surface area contributed by atoms with E-state index in [9.17, 15) is 4.79 Å². The number of aryl methyl sites for hydroxylation is 1. The van der Waals surface area contributed by atoms with Crippen LogP contribution in [0.2, 0.25) is 5.02 Å². The molecule has 2 aromatic carbocycles. The zero-order valence-corrected chi connectivity index (χ0v) is 13.6. The molecule has 0 radical (unpaired) electrons. The molecule has 0 fully saturated rings. The largest absolute Gasteiger partial charge is 0.495 e. The van der Waals surface area contributed by atoms with E-state index in [-0.39, 0.29) is 11.9 Å². The summed E-state index contributed by atoms with van der Waals surface area (Å²) in [4.78, 5) is 12.2. The van der Waals surface area contributed by atoms with Crippen molar-refractivity contribution in [3.8, 4) is 5.75 Å². The topological polar surface area (TPSA) is 38.3 Å². The lowest BCUT2D eigenvalue weighted by Crippen LogP contribution is -2.32. The van der Waals surface area contributed by atoms with Crippen molar-refractivity contribution in [3.63, 3.8) is 0 Å². The SMILES string of the molecule is COc1ccc(C(=O)N[C@@H](C)CCc2ccccc2)cc1Cl. The lowest BCUT2D eigenvalue weighted by Gasteiger charge is -2.14. The molecular weight excluding hydrogens is 298 g/mol. The van der Waals surface area contributed by atoms with Crippen LogP contribution >= 0.6 is 11.6 Å². The first kappa shape index (κ1) is 16.4. The monoisotopic (exact) mass is 317 g/mol. The summed E-state index contributed by atoms with van der Waals surface area (Å²) in [6.07, 6.45) is 1.82. The summed E-state index contributed by atoms with van der Waals surface area (Å²) < 4.78 is 5.08. The van der Waals surface area contributed by atoms with Crippen LogP contribution in [0.4, 0.5) is 0 Å². The Morgan fingerprint density at radius 3 is 2.59 bits per heavy atom. The highest BCUT2D eigenvalue weighted by Gasteiger charge is 2.12. The minimum Gasteiger partial charge on any atom is -0.495 e. The van der Waals surface area contributed by atoms with Gasteiger partial charge in [0.2, 0.25) is 0 Å². The Morgan fingerprint density at radius 2 is 1.95 bits per heavy atom. The van der Waals surface area contributed by atoms with Gasteiger partial charge in [0.1, 0.15) is 5.75 Å². The van der Waals surface area contributed by atoms with Gasteiger partial charge in [-0.2, -0.15) is 0 Å². The average molecular weight is 318 g/mol. The molecule has 0 bridgehead atoms. The molecule has 4 heteroatoms. The molecule has 0 saturated heterocycles. The fourth-order valence-corrected chi connectivity index (χ4v) is 2.47. The number of hydrogen-bond acceptors (Lipinski definition) is 2. The van der Waals surface area contributed by atoms with Gasteiger partial charge in [-0.1, -0.05) is 41.9 Å². The Hall–Kier alpha value is -2.00. The maximum absolute atomic E-state index is 12.2. The van der Waals surface area contributed by atoms with Crippen LogP contribution in [-0.2, 0) is 6.42 Å². The molecule has 0 heterocycles. The fraction of sp³-hybridized carbons (Fsp3) is 0.278. The second-order valence-electron chi connectivity index (χ2n) is 5.25. The van der Waals surface area contributed by atoms with Crippen molar-refractivity contribution in [2.45, 2.75) is 25.8 Å². The van der Waals surface area contributed by atoms with E-state index >= 15 is 0 Å². The van der Waals surface area contributed by atoms with E-state index in [1.165, 1.54) is 5.56 Å². The molecule has 3 nitrogen and oxygen atoms in total. The molecule has 1 N–H and O–H groups in total. The van der Waals surface area contributed by atoms with Crippen molar-refractivity contribution in [1.82, 2.24) is 5.32 Å². The minimum atomic E-state index is -0.120. The first-order valence-electron chi connectivity index (χ1n) is 7.28.